The largest absolute Gasteiger partial charge is 0.872 e. The number of nitrogens with one attached hydrogen (secondary N) is 1. The molecule has 0 aliphatic carbocycles. The topological polar surface area (TPSA) is 127 Å². The molecule has 3 amide bonds. The second-order valence-electron chi connectivity index (χ2n) is 5.59. The van der Waals surface area contributed by atoms with Crippen molar-refractivity contribution >= 4 is 29.4 Å². The summed E-state index contributed by atoms with van der Waals surface area (Å²) in [5.41, 5.74) is 0.176. The zero-order valence-electron chi connectivity index (χ0n) is 13.6. The normalized spacial score (nSPS) is 12.9. The number of carbonyl (C=O) groups excluding carboxylic acids is 3. The average Bonchev–Trinajstić information content (AvgIpc) is 2.86. The van der Waals surface area contributed by atoms with Crippen LogP contribution in [0.3, 0.4) is 0 Å². The van der Waals surface area contributed by atoms with E-state index >= 15 is 0 Å². The van der Waals surface area contributed by atoms with Gasteiger partial charge in [0.05, 0.1) is 16.7 Å². The van der Waals surface area contributed by atoms with E-state index in [2.05, 4.69) is 5.32 Å². The number of nitrogens with zero attached hydrogens (tertiary/aromatic N) is 1. The van der Waals surface area contributed by atoms with E-state index in [1.165, 1.54) is 24.3 Å². The van der Waals surface area contributed by atoms with Crippen LogP contribution in [0.25, 0.3) is 0 Å². The molecule has 3 rings (SSSR count). The number of carbonyl (C=O) groups is 4. The molecule has 0 saturated heterocycles. The Kier molecular flexibility index (Phi) is 4.17. The minimum atomic E-state index is -1.40. The first kappa shape index (κ1) is 17.2. The van der Waals surface area contributed by atoms with E-state index in [1.807, 2.05) is 0 Å². The van der Waals surface area contributed by atoms with Crippen LogP contribution in [0.5, 0.6) is 5.75 Å². The smallest absolute Gasteiger partial charge is 0.335 e. The number of imide groups is 1. The molecule has 1 aliphatic heterocycles. The Morgan fingerprint density at radius 3 is 2.42 bits per heavy atom. The van der Waals surface area contributed by atoms with Gasteiger partial charge in [-0.15, -0.1) is 0 Å². The third-order valence-corrected chi connectivity index (χ3v) is 4.02. The molecule has 0 radical (unpaired) electrons. The van der Waals surface area contributed by atoms with Gasteiger partial charge in [0.25, 0.3) is 17.7 Å². The van der Waals surface area contributed by atoms with E-state index in [0.29, 0.717) is 0 Å². The summed E-state index contributed by atoms with van der Waals surface area (Å²) in [6.45, 7) is 1.91. The number of hydrogen-bond acceptors (Lipinski definition) is 5. The highest BCUT2D eigenvalue weighted by Gasteiger charge is 2.34. The van der Waals surface area contributed by atoms with E-state index < -0.39 is 35.0 Å². The summed E-state index contributed by atoms with van der Waals surface area (Å²) >= 11 is 0. The van der Waals surface area contributed by atoms with Gasteiger partial charge in [0.1, 0.15) is 0 Å². The number of anilines is 1. The van der Waals surface area contributed by atoms with E-state index in [1.54, 1.807) is 6.92 Å². The first-order valence-electron chi connectivity index (χ1n) is 7.69. The fraction of sp³-hybridized carbons (Fsp3) is 0.111. The number of hydrogen-bond donors (Lipinski definition) is 2. The number of rotatable bonds is 4. The lowest BCUT2D eigenvalue weighted by Gasteiger charge is -2.12. The van der Waals surface area contributed by atoms with Crippen LogP contribution in [0, 0.1) is 0 Å². The third kappa shape index (κ3) is 2.77. The van der Waals surface area contributed by atoms with Crippen molar-refractivity contribution in [2.24, 2.45) is 0 Å². The van der Waals surface area contributed by atoms with Crippen LogP contribution in [0.4, 0.5) is 5.69 Å². The van der Waals surface area contributed by atoms with Crippen molar-refractivity contribution in [1.29, 1.82) is 0 Å². The summed E-state index contributed by atoms with van der Waals surface area (Å²) < 4.78 is 0. The molecule has 2 aromatic carbocycles. The summed E-state index contributed by atoms with van der Waals surface area (Å²) in [7, 11) is 0. The van der Waals surface area contributed by atoms with Crippen molar-refractivity contribution in [3.05, 3.63) is 58.7 Å². The van der Waals surface area contributed by atoms with Gasteiger partial charge in [0.15, 0.2) is 0 Å². The van der Waals surface area contributed by atoms with Gasteiger partial charge in [-0.2, -0.15) is 0 Å². The fourth-order valence-electron chi connectivity index (χ4n) is 2.70. The first-order valence-corrected chi connectivity index (χ1v) is 7.69. The van der Waals surface area contributed by atoms with Gasteiger partial charge in [0.2, 0.25) is 0 Å². The number of benzene rings is 2. The summed E-state index contributed by atoms with van der Waals surface area (Å²) in [6, 6.07) is 7.52. The lowest BCUT2D eigenvalue weighted by molar-refractivity contribution is -0.268. The van der Waals surface area contributed by atoms with Crippen LogP contribution in [-0.2, 0) is 0 Å². The van der Waals surface area contributed by atoms with Gasteiger partial charge in [-0.3, -0.25) is 19.3 Å². The van der Waals surface area contributed by atoms with E-state index in [-0.39, 0.29) is 28.9 Å². The lowest BCUT2D eigenvalue weighted by Crippen LogP contribution is -2.29. The highest BCUT2D eigenvalue weighted by atomic mass is 16.4. The maximum atomic E-state index is 12.4. The molecular weight excluding hydrogens is 340 g/mol. The summed E-state index contributed by atoms with van der Waals surface area (Å²) in [4.78, 5) is 48.7. The molecule has 0 saturated carbocycles. The molecule has 26 heavy (non-hydrogen) atoms. The number of carboxylic acids is 1. The van der Waals surface area contributed by atoms with Crippen molar-refractivity contribution in [3.63, 3.8) is 0 Å². The first-order chi connectivity index (χ1) is 12.3. The van der Waals surface area contributed by atoms with Gasteiger partial charge in [-0.1, -0.05) is 11.8 Å². The minimum Gasteiger partial charge on any atom is -0.872 e. The average molecular weight is 353 g/mol. The van der Waals surface area contributed by atoms with Gasteiger partial charge in [-0.25, -0.2) is 4.79 Å². The van der Waals surface area contributed by atoms with Crippen molar-refractivity contribution in [3.8, 4) is 5.75 Å². The number of aromatic carboxylic acids is 1. The zero-order chi connectivity index (χ0) is 19.0. The predicted octanol–water partition coefficient (Wildman–Crippen LogP) is 1.33. The van der Waals surface area contributed by atoms with Gasteiger partial charge >= 0.3 is 5.97 Å². The highest BCUT2D eigenvalue weighted by Crippen LogP contribution is 2.25. The van der Waals surface area contributed by atoms with Crippen molar-refractivity contribution in [2.75, 3.05) is 11.9 Å². The maximum Gasteiger partial charge on any atom is 0.335 e. The highest BCUT2D eigenvalue weighted by molar-refractivity contribution is 6.22. The molecule has 0 aromatic heterocycles. The third-order valence-electron chi connectivity index (χ3n) is 4.02. The van der Waals surface area contributed by atoms with Crippen LogP contribution in [0.2, 0.25) is 0 Å². The number of amides is 3. The molecule has 1 heterocycles. The Morgan fingerprint density at radius 2 is 1.77 bits per heavy atom. The Labute approximate surface area is 147 Å². The molecule has 0 atom stereocenters. The number of carboxylic acid groups (broad SMARTS) is 1. The summed E-state index contributed by atoms with van der Waals surface area (Å²) in [6.07, 6.45) is 0. The fourth-order valence-corrected chi connectivity index (χ4v) is 2.70. The van der Waals surface area contributed by atoms with Crippen molar-refractivity contribution in [2.45, 2.75) is 6.92 Å². The standard InChI is InChI=1S/C18H14N2O6/c1-2-20-16(23)11-5-3-9(7-12(11)17(20)24)15(22)19-10-4-6-14(21)13(8-10)18(25)26/h3-8,21H,2H2,1H3,(H,19,22)(H,25,26)/p-1. The molecule has 132 valence electrons. The molecule has 0 spiro atoms. The molecule has 0 bridgehead atoms. The van der Waals surface area contributed by atoms with Gasteiger partial charge < -0.3 is 15.5 Å². The lowest BCUT2D eigenvalue weighted by atomic mass is 10.1. The Hall–Kier alpha value is -3.68. The predicted molar refractivity (Wildman–Crippen MR) is 88.3 cm³/mol. The molecule has 8 heteroatoms. The zero-order valence-corrected chi connectivity index (χ0v) is 13.6. The quantitative estimate of drug-likeness (QED) is 0.798. The minimum absolute atomic E-state index is 0.130. The Bertz CT molecular complexity index is 966. The molecule has 2 aromatic rings. The van der Waals surface area contributed by atoms with Crippen molar-refractivity contribution < 1.29 is 29.4 Å². The van der Waals surface area contributed by atoms with Crippen LogP contribution in [0.15, 0.2) is 36.4 Å². The summed E-state index contributed by atoms with van der Waals surface area (Å²) in [5, 5.41) is 22.9. The second-order valence-corrected chi connectivity index (χ2v) is 5.59. The molecular formula is C18H13N2O6-. The molecule has 0 fully saturated rings. The van der Waals surface area contributed by atoms with Crippen LogP contribution >= 0.6 is 0 Å². The van der Waals surface area contributed by atoms with Crippen molar-refractivity contribution in [1.82, 2.24) is 4.90 Å². The Morgan fingerprint density at radius 1 is 1.08 bits per heavy atom. The summed E-state index contributed by atoms with van der Waals surface area (Å²) in [5.74, 6) is -3.54. The number of fused-ring (bicyclic) bond motifs is 1. The van der Waals surface area contributed by atoms with E-state index in [9.17, 15) is 24.3 Å². The van der Waals surface area contributed by atoms with Gasteiger partial charge in [0, 0.05) is 17.8 Å². The van der Waals surface area contributed by atoms with Crippen LogP contribution in [0.1, 0.15) is 48.4 Å². The van der Waals surface area contributed by atoms with E-state index in [0.717, 1.165) is 17.0 Å². The van der Waals surface area contributed by atoms with Gasteiger partial charge in [-0.05, 0) is 37.3 Å². The van der Waals surface area contributed by atoms with E-state index in [4.69, 9.17) is 5.11 Å². The molecule has 2 N–H and O–H groups in total. The SMILES string of the molecule is CCN1C(=O)c2ccc(C(=O)Nc3ccc([O-])c(C(=O)O)c3)cc2C1=O. The Balaban J connectivity index is 1.88. The molecule has 1 aliphatic rings. The van der Waals surface area contributed by atoms with Crippen LogP contribution < -0.4 is 10.4 Å². The monoisotopic (exact) mass is 353 g/mol. The van der Waals surface area contributed by atoms with Crippen LogP contribution in [-0.4, -0.2) is 40.2 Å². The molecule has 0 unspecified atom stereocenters. The second kappa shape index (κ2) is 6.32. The molecule has 8 nitrogen and oxygen atoms in total. The maximum absolute atomic E-state index is 12.4.